The molecule has 2 rings (SSSR count). The summed E-state index contributed by atoms with van der Waals surface area (Å²) in [5.41, 5.74) is 6.65. The second kappa shape index (κ2) is 6.33. The number of nitrogens with zero attached hydrogens (tertiary/aromatic N) is 1. The van der Waals surface area contributed by atoms with Gasteiger partial charge in [-0.3, -0.25) is 4.90 Å². The molecule has 1 atom stereocenters. The molecule has 1 heterocycles. The van der Waals surface area contributed by atoms with E-state index in [9.17, 15) is 0 Å². The minimum atomic E-state index is 0.125. The molecule has 0 bridgehead atoms. The molecule has 0 aromatic rings. The summed E-state index contributed by atoms with van der Waals surface area (Å²) in [4.78, 5) is 2.57. The highest BCUT2D eigenvalue weighted by Crippen LogP contribution is 2.38. The van der Waals surface area contributed by atoms with Gasteiger partial charge in [-0.05, 0) is 26.7 Å². The molecule has 1 saturated carbocycles. The summed E-state index contributed by atoms with van der Waals surface area (Å²) in [6, 6.07) is 0.125. The molecule has 4 heteroatoms. The zero-order valence-electron chi connectivity index (χ0n) is 11.9. The Morgan fingerprint density at radius 3 is 2.39 bits per heavy atom. The molecule has 18 heavy (non-hydrogen) atoms. The van der Waals surface area contributed by atoms with Crippen molar-refractivity contribution in [1.82, 2.24) is 4.90 Å². The van der Waals surface area contributed by atoms with Gasteiger partial charge in [0.2, 0.25) is 0 Å². The highest BCUT2D eigenvalue weighted by molar-refractivity contribution is 5.03. The molecule has 1 aliphatic heterocycles. The summed E-state index contributed by atoms with van der Waals surface area (Å²) in [5, 5.41) is 0. The predicted octanol–water partition coefficient (Wildman–Crippen LogP) is 1.38. The lowest BCUT2D eigenvalue weighted by Gasteiger charge is -2.47. The van der Waals surface area contributed by atoms with Crippen LogP contribution in [0.5, 0.6) is 0 Å². The first-order chi connectivity index (χ1) is 8.65. The maximum Gasteiger partial charge on any atom is 0.0639 e. The van der Waals surface area contributed by atoms with E-state index in [0.717, 1.165) is 26.3 Å². The van der Waals surface area contributed by atoms with Crippen LogP contribution in [0.1, 0.15) is 39.5 Å². The largest absolute Gasteiger partial charge is 0.379 e. The van der Waals surface area contributed by atoms with E-state index in [1.54, 1.807) is 0 Å². The van der Waals surface area contributed by atoms with Gasteiger partial charge < -0.3 is 15.2 Å². The Hall–Kier alpha value is -0.160. The van der Waals surface area contributed by atoms with Crippen LogP contribution in [-0.4, -0.2) is 55.5 Å². The molecule has 2 fully saturated rings. The maximum absolute atomic E-state index is 6.49. The van der Waals surface area contributed by atoms with E-state index in [2.05, 4.69) is 18.7 Å². The van der Waals surface area contributed by atoms with Crippen molar-refractivity contribution in [3.8, 4) is 0 Å². The van der Waals surface area contributed by atoms with Gasteiger partial charge in [-0.25, -0.2) is 0 Å². The normalized spacial score (nSPS) is 26.7. The SMILES string of the molecule is CC(C)OCC(N)C1(N2CCOCC2)CCCC1. The zero-order valence-corrected chi connectivity index (χ0v) is 11.9. The van der Waals surface area contributed by atoms with Gasteiger partial charge in [0.1, 0.15) is 0 Å². The third-order valence-corrected chi connectivity index (χ3v) is 4.41. The second-order valence-electron chi connectivity index (χ2n) is 5.90. The van der Waals surface area contributed by atoms with E-state index in [0.29, 0.717) is 6.61 Å². The minimum Gasteiger partial charge on any atom is -0.379 e. The van der Waals surface area contributed by atoms with Crippen LogP contribution < -0.4 is 5.73 Å². The first kappa shape index (κ1) is 14.3. The van der Waals surface area contributed by atoms with Gasteiger partial charge in [0.25, 0.3) is 0 Å². The molecule has 0 aromatic carbocycles. The van der Waals surface area contributed by atoms with Crippen LogP contribution in [0.15, 0.2) is 0 Å². The first-order valence-electron chi connectivity index (χ1n) is 7.35. The molecule has 0 radical (unpaired) electrons. The van der Waals surface area contributed by atoms with E-state index >= 15 is 0 Å². The molecule has 1 aliphatic carbocycles. The van der Waals surface area contributed by atoms with E-state index in [1.165, 1.54) is 25.7 Å². The average molecular weight is 256 g/mol. The monoisotopic (exact) mass is 256 g/mol. The Labute approximate surface area is 111 Å². The molecule has 0 aromatic heterocycles. The number of ether oxygens (including phenoxy) is 2. The highest BCUT2D eigenvalue weighted by atomic mass is 16.5. The van der Waals surface area contributed by atoms with Crippen molar-refractivity contribution in [2.45, 2.75) is 57.2 Å². The molecule has 2 N–H and O–H groups in total. The molecule has 0 spiro atoms. The van der Waals surface area contributed by atoms with Crippen LogP contribution in [0.2, 0.25) is 0 Å². The molecule has 4 nitrogen and oxygen atoms in total. The highest BCUT2D eigenvalue weighted by Gasteiger charge is 2.44. The van der Waals surface area contributed by atoms with Crippen molar-refractivity contribution in [3.05, 3.63) is 0 Å². The zero-order chi connectivity index (χ0) is 13.0. The first-order valence-corrected chi connectivity index (χ1v) is 7.35. The van der Waals surface area contributed by atoms with Crippen molar-refractivity contribution in [2.24, 2.45) is 5.73 Å². The van der Waals surface area contributed by atoms with Crippen molar-refractivity contribution < 1.29 is 9.47 Å². The Bertz CT molecular complexity index is 246. The summed E-state index contributed by atoms with van der Waals surface area (Å²) in [5.74, 6) is 0. The van der Waals surface area contributed by atoms with Crippen LogP contribution in [-0.2, 0) is 9.47 Å². The number of hydrogen-bond acceptors (Lipinski definition) is 4. The quantitative estimate of drug-likeness (QED) is 0.807. The third kappa shape index (κ3) is 3.05. The fourth-order valence-electron chi connectivity index (χ4n) is 3.37. The summed E-state index contributed by atoms with van der Waals surface area (Å²) in [6.45, 7) is 8.56. The standard InChI is InChI=1S/C14H28N2O2/c1-12(2)18-11-13(15)14(5-3-4-6-14)16-7-9-17-10-8-16/h12-13H,3-11,15H2,1-2H3. The van der Waals surface area contributed by atoms with Gasteiger partial charge in [0, 0.05) is 24.7 Å². The van der Waals surface area contributed by atoms with E-state index in [4.69, 9.17) is 15.2 Å². The number of morpholine rings is 1. The summed E-state index contributed by atoms with van der Waals surface area (Å²) >= 11 is 0. The number of hydrogen-bond donors (Lipinski definition) is 1. The van der Waals surface area contributed by atoms with Gasteiger partial charge in [-0.2, -0.15) is 0 Å². The molecule has 1 unspecified atom stereocenters. The van der Waals surface area contributed by atoms with E-state index in [-0.39, 0.29) is 17.7 Å². The van der Waals surface area contributed by atoms with Gasteiger partial charge in [0.05, 0.1) is 25.9 Å². The van der Waals surface area contributed by atoms with Gasteiger partial charge in [-0.15, -0.1) is 0 Å². The Balaban J connectivity index is 2.00. The lowest BCUT2D eigenvalue weighted by atomic mass is 9.86. The summed E-state index contributed by atoms with van der Waals surface area (Å²) in [7, 11) is 0. The summed E-state index contributed by atoms with van der Waals surface area (Å²) in [6.07, 6.45) is 5.30. The maximum atomic E-state index is 6.49. The lowest BCUT2D eigenvalue weighted by molar-refractivity contribution is -0.0484. The van der Waals surface area contributed by atoms with Crippen LogP contribution in [0.3, 0.4) is 0 Å². The molecule has 0 amide bonds. The summed E-state index contributed by atoms with van der Waals surface area (Å²) < 4.78 is 11.2. The van der Waals surface area contributed by atoms with Crippen LogP contribution in [0, 0.1) is 0 Å². The Morgan fingerprint density at radius 1 is 1.22 bits per heavy atom. The predicted molar refractivity (Wildman–Crippen MR) is 72.7 cm³/mol. The lowest BCUT2D eigenvalue weighted by Crippen LogP contribution is -2.62. The van der Waals surface area contributed by atoms with Crippen molar-refractivity contribution >= 4 is 0 Å². The second-order valence-corrected chi connectivity index (χ2v) is 5.90. The smallest absolute Gasteiger partial charge is 0.0639 e. The van der Waals surface area contributed by atoms with Gasteiger partial charge in [-0.1, -0.05) is 12.8 Å². The van der Waals surface area contributed by atoms with Crippen molar-refractivity contribution in [2.75, 3.05) is 32.9 Å². The van der Waals surface area contributed by atoms with Gasteiger partial charge in [0.15, 0.2) is 0 Å². The van der Waals surface area contributed by atoms with Crippen molar-refractivity contribution in [1.29, 1.82) is 0 Å². The molecule has 106 valence electrons. The molecule has 2 aliphatic rings. The molecular formula is C14H28N2O2. The van der Waals surface area contributed by atoms with E-state index < -0.39 is 0 Å². The Morgan fingerprint density at radius 2 is 1.83 bits per heavy atom. The van der Waals surface area contributed by atoms with Crippen LogP contribution in [0.4, 0.5) is 0 Å². The molecular weight excluding hydrogens is 228 g/mol. The van der Waals surface area contributed by atoms with Crippen LogP contribution >= 0.6 is 0 Å². The number of nitrogens with two attached hydrogens (primary N) is 1. The number of rotatable bonds is 5. The minimum absolute atomic E-state index is 0.125. The van der Waals surface area contributed by atoms with Crippen LogP contribution in [0.25, 0.3) is 0 Å². The topological polar surface area (TPSA) is 47.7 Å². The average Bonchev–Trinajstić information content (AvgIpc) is 2.87. The molecule has 1 saturated heterocycles. The van der Waals surface area contributed by atoms with Crippen molar-refractivity contribution in [3.63, 3.8) is 0 Å². The fraction of sp³-hybridized carbons (Fsp3) is 1.00. The third-order valence-electron chi connectivity index (χ3n) is 4.41. The Kier molecular flexibility index (Phi) is 5.01. The van der Waals surface area contributed by atoms with E-state index in [1.807, 2.05) is 0 Å². The fourth-order valence-corrected chi connectivity index (χ4v) is 3.37. The van der Waals surface area contributed by atoms with Gasteiger partial charge >= 0.3 is 0 Å².